The number of carboxylic acid groups (broad SMARTS) is 1. The van der Waals surface area contributed by atoms with Crippen molar-refractivity contribution in [2.24, 2.45) is 0 Å². The first-order valence-corrected chi connectivity index (χ1v) is 3.83. The second-order valence-corrected chi connectivity index (χ2v) is 2.90. The maximum Gasteiger partial charge on any atom is 0.177 e. The van der Waals surface area contributed by atoms with E-state index < -0.39 is 40.4 Å². The highest BCUT2D eigenvalue weighted by atomic mass is 35.5. The van der Waals surface area contributed by atoms with Crippen molar-refractivity contribution in [3.63, 3.8) is 0 Å². The van der Waals surface area contributed by atoms with Gasteiger partial charge in [0, 0.05) is 18.0 Å². The van der Waals surface area contributed by atoms with Gasteiger partial charge < -0.3 is 9.90 Å². The smallest absolute Gasteiger partial charge is 0.177 e. The topological polar surface area (TPSA) is 40.1 Å². The molecule has 1 aromatic rings. The van der Waals surface area contributed by atoms with E-state index in [0.29, 0.717) is 6.07 Å². The van der Waals surface area contributed by atoms with Crippen LogP contribution in [0.3, 0.4) is 0 Å². The standard InChI is InChI=1S/C8H4ClF3O2/c9-4-2-5(10)3(1-6(13)14)7(11)8(4)12/h2H,1H2,(H,13,14)/p-1. The molecule has 0 unspecified atom stereocenters. The average Bonchev–Trinajstić information content (AvgIpc) is 2.09. The highest BCUT2D eigenvalue weighted by molar-refractivity contribution is 6.30. The molecule has 0 aliphatic carbocycles. The molecule has 6 heteroatoms. The zero-order valence-electron chi connectivity index (χ0n) is 6.61. The van der Waals surface area contributed by atoms with Crippen molar-refractivity contribution < 1.29 is 23.1 Å². The summed E-state index contributed by atoms with van der Waals surface area (Å²) in [5.74, 6) is -5.98. The van der Waals surface area contributed by atoms with Crippen molar-refractivity contribution in [2.75, 3.05) is 0 Å². The van der Waals surface area contributed by atoms with E-state index in [-0.39, 0.29) is 0 Å². The Kier molecular flexibility index (Phi) is 3.00. The molecule has 0 aliphatic rings. The van der Waals surface area contributed by atoms with Crippen LogP contribution in [0.25, 0.3) is 0 Å². The molecule has 0 spiro atoms. The van der Waals surface area contributed by atoms with Crippen LogP contribution in [0.5, 0.6) is 0 Å². The van der Waals surface area contributed by atoms with Gasteiger partial charge in [0.1, 0.15) is 5.82 Å². The van der Waals surface area contributed by atoms with Gasteiger partial charge in [0.25, 0.3) is 0 Å². The third-order valence-electron chi connectivity index (χ3n) is 1.53. The minimum absolute atomic E-state index is 0.512. The SMILES string of the molecule is O=C([O-])Cc1c(F)cc(Cl)c(F)c1F. The molecule has 2 nitrogen and oxygen atoms in total. The van der Waals surface area contributed by atoms with Crippen LogP contribution < -0.4 is 5.11 Å². The number of carboxylic acids is 1. The lowest BCUT2D eigenvalue weighted by Crippen LogP contribution is -2.25. The summed E-state index contributed by atoms with van der Waals surface area (Å²) in [6.45, 7) is 0. The van der Waals surface area contributed by atoms with Gasteiger partial charge in [0.15, 0.2) is 11.6 Å². The van der Waals surface area contributed by atoms with Crippen LogP contribution in [0, 0.1) is 17.5 Å². The number of carbonyl (C=O) groups is 1. The lowest BCUT2D eigenvalue weighted by molar-refractivity contribution is -0.304. The molecule has 76 valence electrons. The van der Waals surface area contributed by atoms with Crippen LogP contribution in [-0.4, -0.2) is 5.97 Å². The number of hydrogen-bond acceptors (Lipinski definition) is 2. The average molecular weight is 224 g/mol. The predicted molar refractivity (Wildman–Crippen MR) is 40.0 cm³/mol. The van der Waals surface area contributed by atoms with Crippen LogP contribution in [-0.2, 0) is 11.2 Å². The first kappa shape index (κ1) is 10.8. The highest BCUT2D eigenvalue weighted by Gasteiger charge is 2.17. The van der Waals surface area contributed by atoms with Crippen molar-refractivity contribution in [3.8, 4) is 0 Å². The van der Waals surface area contributed by atoms with E-state index in [1.165, 1.54) is 0 Å². The molecule has 0 amide bonds. The highest BCUT2D eigenvalue weighted by Crippen LogP contribution is 2.23. The monoisotopic (exact) mass is 223 g/mol. The second-order valence-electron chi connectivity index (χ2n) is 2.50. The van der Waals surface area contributed by atoms with Crippen LogP contribution in [0.2, 0.25) is 5.02 Å². The van der Waals surface area contributed by atoms with Crippen LogP contribution >= 0.6 is 11.6 Å². The zero-order valence-corrected chi connectivity index (χ0v) is 7.37. The molecule has 0 N–H and O–H groups in total. The van der Waals surface area contributed by atoms with Crippen LogP contribution in [0.4, 0.5) is 13.2 Å². The van der Waals surface area contributed by atoms with E-state index in [1.54, 1.807) is 0 Å². The van der Waals surface area contributed by atoms with E-state index in [0.717, 1.165) is 0 Å². The lowest BCUT2D eigenvalue weighted by atomic mass is 10.1. The molecule has 0 fully saturated rings. The molecule has 0 atom stereocenters. The van der Waals surface area contributed by atoms with Crippen molar-refractivity contribution in [1.82, 2.24) is 0 Å². The number of benzene rings is 1. The first-order chi connectivity index (χ1) is 6.43. The van der Waals surface area contributed by atoms with Crippen molar-refractivity contribution >= 4 is 17.6 Å². The van der Waals surface area contributed by atoms with Gasteiger partial charge in [0.2, 0.25) is 0 Å². The van der Waals surface area contributed by atoms with E-state index in [2.05, 4.69) is 0 Å². The second kappa shape index (κ2) is 3.88. The summed E-state index contributed by atoms with van der Waals surface area (Å²) < 4.78 is 38.5. The van der Waals surface area contributed by atoms with Crippen molar-refractivity contribution in [2.45, 2.75) is 6.42 Å². The van der Waals surface area contributed by atoms with Gasteiger partial charge in [-0.15, -0.1) is 0 Å². The molecule has 0 heterocycles. The van der Waals surface area contributed by atoms with Gasteiger partial charge in [-0.2, -0.15) is 0 Å². The lowest BCUT2D eigenvalue weighted by Gasteiger charge is -2.07. The Bertz CT molecular complexity index is 393. The third-order valence-corrected chi connectivity index (χ3v) is 1.81. The summed E-state index contributed by atoms with van der Waals surface area (Å²) in [6.07, 6.45) is -1.04. The summed E-state index contributed by atoms with van der Waals surface area (Å²) >= 11 is 5.11. The van der Waals surface area contributed by atoms with Gasteiger partial charge in [-0.25, -0.2) is 13.2 Å². The molecular weight excluding hydrogens is 221 g/mol. The summed E-state index contributed by atoms with van der Waals surface area (Å²) in [5, 5.41) is 9.34. The molecule has 0 aromatic heterocycles. The molecule has 0 saturated heterocycles. The fourth-order valence-electron chi connectivity index (χ4n) is 0.910. The summed E-state index contributed by atoms with van der Waals surface area (Å²) in [4.78, 5) is 10.1. The molecule has 0 bridgehead atoms. The fraction of sp³-hybridized carbons (Fsp3) is 0.125. The summed E-state index contributed by atoms with van der Waals surface area (Å²) in [6, 6.07) is 0.512. The predicted octanol–water partition coefficient (Wildman–Crippen LogP) is 1.05. The molecular formula is C8H3ClF3O2-. The van der Waals surface area contributed by atoms with Gasteiger partial charge in [0.05, 0.1) is 5.02 Å². The van der Waals surface area contributed by atoms with Gasteiger partial charge in [-0.3, -0.25) is 0 Å². The molecule has 1 aromatic carbocycles. The van der Waals surface area contributed by atoms with Crippen LogP contribution in [0.1, 0.15) is 5.56 Å². The number of aliphatic carboxylic acids is 1. The molecule has 14 heavy (non-hydrogen) atoms. The Labute approximate surface area is 81.9 Å². The van der Waals surface area contributed by atoms with E-state index in [1.807, 2.05) is 0 Å². The Morgan fingerprint density at radius 2 is 1.93 bits per heavy atom. The zero-order chi connectivity index (χ0) is 10.9. The number of rotatable bonds is 2. The largest absolute Gasteiger partial charge is 0.550 e. The quantitative estimate of drug-likeness (QED) is 0.555. The van der Waals surface area contributed by atoms with Crippen molar-refractivity contribution in [3.05, 3.63) is 34.1 Å². The molecule has 0 radical (unpaired) electrons. The third kappa shape index (κ3) is 1.98. The summed E-state index contributed by atoms with van der Waals surface area (Å²) in [7, 11) is 0. The Balaban J connectivity index is 3.29. The van der Waals surface area contributed by atoms with Gasteiger partial charge in [-0.1, -0.05) is 11.6 Å². The molecule has 1 rings (SSSR count). The van der Waals surface area contributed by atoms with Gasteiger partial charge in [-0.05, 0) is 6.07 Å². The minimum Gasteiger partial charge on any atom is -0.550 e. The Morgan fingerprint density at radius 1 is 1.36 bits per heavy atom. The maximum absolute atomic E-state index is 12.9. The van der Waals surface area contributed by atoms with E-state index in [9.17, 15) is 23.1 Å². The Hall–Kier alpha value is -1.23. The number of hydrogen-bond donors (Lipinski definition) is 0. The minimum atomic E-state index is -1.70. The number of carbonyl (C=O) groups excluding carboxylic acids is 1. The van der Waals surface area contributed by atoms with Gasteiger partial charge >= 0.3 is 0 Å². The molecule has 0 aliphatic heterocycles. The fourth-order valence-corrected chi connectivity index (χ4v) is 1.09. The normalized spacial score (nSPS) is 10.3. The van der Waals surface area contributed by atoms with Crippen LogP contribution in [0.15, 0.2) is 6.07 Å². The maximum atomic E-state index is 12.9. The van der Waals surface area contributed by atoms with E-state index >= 15 is 0 Å². The summed E-state index contributed by atoms with van der Waals surface area (Å²) in [5.41, 5.74) is -0.896. The van der Waals surface area contributed by atoms with Crippen molar-refractivity contribution in [1.29, 1.82) is 0 Å². The molecule has 0 saturated carbocycles. The van der Waals surface area contributed by atoms with E-state index in [4.69, 9.17) is 11.6 Å². The number of halogens is 4. The Morgan fingerprint density at radius 3 is 2.43 bits per heavy atom. The first-order valence-electron chi connectivity index (χ1n) is 3.45.